The van der Waals surface area contributed by atoms with E-state index in [1.165, 1.54) is 24.5 Å². The summed E-state index contributed by atoms with van der Waals surface area (Å²) in [5.41, 5.74) is 0.315. The van der Waals surface area contributed by atoms with Gasteiger partial charge in [-0.2, -0.15) is 0 Å². The summed E-state index contributed by atoms with van der Waals surface area (Å²) in [4.78, 5) is 40.5. The zero-order valence-corrected chi connectivity index (χ0v) is 29.9. The van der Waals surface area contributed by atoms with Gasteiger partial charge < -0.3 is 24.3 Å². The van der Waals surface area contributed by atoms with Crippen LogP contribution in [0.3, 0.4) is 0 Å². The molecule has 2 atom stereocenters. The number of rotatable bonds is 15. The average Bonchev–Trinajstić information content (AvgIpc) is 3.45. The van der Waals surface area contributed by atoms with Crippen molar-refractivity contribution in [1.29, 1.82) is 0 Å². The molecule has 1 unspecified atom stereocenters. The van der Waals surface area contributed by atoms with E-state index in [0.717, 1.165) is 52.0 Å². The highest BCUT2D eigenvalue weighted by Crippen LogP contribution is 2.44. The Labute approximate surface area is 280 Å². The molecular formula is C35H55FN8O3. The highest BCUT2D eigenvalue weighted by Gasteiger charge is 2.50. The van der Waals surface area contributed by atoms with Gasteiger partial charge in [0.1, 0.15) is 17.9 Å². The van der Waals surface area contributed by atoms with Crippen LogP contribution in [0.4, 0.5) is 10.2 Å². The molecule has 1 aromatic heterocycles. The van der Waals surface area contributed by atoms with E-state index in [0.29, 0.717) is 30.7 Å². The molecule has 0 aliphatic carbocycles. The second-order valence-corrected chi connectivity index (χ2v) is 14.4. The van der Waals surface area contributed by atoms with Crippen molar-refractivity contribution in [3.63, 3.8) is 0 Å². The molecule has 2 aliphatic heterocycles. The molecule has 4 rings (SSSR count). The molecule has 2 aliphatic rings. The molecule has 47 heavy (non-hydrogen) atoms. The predicted octanol–water partition coefficient (Wildman–Crippen LogP) is 4.79. The molecule has 11 nitrogen and oxygen atoms in total. The average molecular weight is 655 g/mol. The van der Waals surface area contributed by atoms with Crippen molar-refractivity contribution in [2.45, 2.75) is 85.4 Å². The van der Waals surface area contributed by atoms with Crippen LogP contribution in [0.2, 0.25) is 0 Å². The fraction of sp³-hybridized carbons (Fsp3) is 0.686. The minimum Gasteiger partial charge on any atom is -0.434 e. The lowest BCUT2D eigenvalue weighted by atomic mass is 9.76. The van der Waals surface area contributed by atoms with E-state index in [4.69, 9.17) is 4.74 Å². The van der Waals surface area contributed by atoms with Gasteiger partial charge in [0.25, 0.3) is 11.8 Å². The second-order valence-electron chi connectivity index (χ2n) is 14.4. The predicted molar refractivity (Wildman–Crippen MR) is 182 cm³/mol. The topological polar surface area (TPSA) is 98.2 Å². The summed E-state index contributed by atoms with van der Waals surface area (Å²) in [5, 5.41) is 8.22. The summed E-state index contributed by atoms with van der Waals surface area (Å²) < 4.78 is 20.5. The van der Waals surface area contributed by atoms with Crippen molar-refractivity contribution in [1.82, 2.24) is 34.8 Å². The molecule has 1 spiro atoms. The first-order valence-electron chi connectivity index (χ1n) is 17.1. The second kappa shape index (κ2) is 15.7. The fourth-order valence-corrected chi connectivity index (χ4v) is 7.02. The number of likely N-dealkylation sites (tertiary alicyclic amines) is 1. The monoisotopic (exact) mass is 654 g/mol. The Bertz CT molecular complexity index is 1370. The SMILES string of the molecule is CCN(C(=O)c1cc(F)ccc1Oc1nncnc1N1CCC2(C1)CN([C@H](CCCN(C)C(C)CC(=O)N(C)C)C(C)C)C2)C(C)C. The lowest BCUT2D eigenvalue weighted by Crippen LogP contribution is -2.62. The van der Waals surface area contributed by atoms with Gasteiger partial charge in [-0.15, -0.1) is 10.2 Å². The van der Waals surface area contributed by atoms with Crippen LogP contribution in [0, 0.1) is 17.2 Å². The lowest BCUT2D eigenvalue weighted by molar-refractivity contribution is -0.129. The highest BCUT2D eigenvalue weighted by molar-refractivity contribution is 5.97. The van der Waals surface area contributed by atoms with Gasteiger partial charge in [-0.25, -0.2) is 9.37 Å². The van der Waals surface area contributed by atoms with Gasteiger partial charge in [-0.1, -0.05) is 13.8 Å². The Morgan fingerprint density at radius 3 is 2.45 bits per heavy atom. The largest absolute Gasteiger partial charge is 0.434 e. The number of hydrogen-bond donors (Lipinski definition) is 0. The molecule has 2 aromatic rings. The van der Waals surface area contributed by atoms with Gasteiger partial charge in [0.2, 0.25) is 5.91 Å². The Morgan fingerprint density at radius 2 is 1.81 bits per heavy atom. The van der Waals surface area contributed by atoms with E-state index in [9.17, 15) is 14.0 Å². The molecule has 2 amide bonds. The number of anilines is 1. The van der Waals surface area contributed by atoms with E-state index >= 15 is 0 Å². The molecule has 2 fully saturated rings. The molecule has 260 valence electrons. The maximum absolute atomic E-state index is 14.3. The number of ether oxygens (including phenoxy) is 1. The van der Waals surface area contributed by atoms with Crippen LogP contribution in [0.15, 0.2) is 24.5 Å². The number of halogens is 1. The molecule has 0 saturated carbocycles. The number of carbonyl (C=O) groups excluding carboxylic acids is 2. The molecule has 0 bridgehead atoms. The Kier molecular flexibility index (Phi) is 12.2. The molecular weight excluding hydrogens is 599 g/mol. The van der Waals surface area contributed by atoms with Crippen molar-refractivity contribution in [2.24, 2.45) is 11.3 Å². The van der Waals surface area contributed by atoms with Crippen LogP contribution in [0.5, 0.6) is 11.6 Å². The van der Waals surface area contributed by atoms with E-state index in [1.54, 1.807) is 9.80 Å². The van der Waals surface area contributed by atoms with E-state index in [1.807, 2.05) is 34.9 Å². The van der Waals surface area contributed by atoms with E-state index in [-0.39, 0.29) is 46.5 Å². The van der Waals surface area contributed by atoms with Crippen LogP contribution >= 0.6 is 0 Å². The molecule has 12 heteroatoms. The lowest BCUT2D eigenvalue weighted by Gasteiger charge is -2.53. The third kappa shape index (κ3) is 8.76. The van der Waals surface area contributed by atoms with Crippen molar-refractivity contribution >= 4 is 17.6 Å². The van der Waals surface area contributed by atoms with Crippen molar-refractivity contribution < 1.29 is 18.7 Å². The van der Waals surface area contributed by atoms with E-state index in [2.05, 4.69) is 57.7 Å². The summed E-state index contributed by atoms with van der Waals surface area (Å²) in [5.74, 6) is 0.918. The van der Waals surface area contributed by atoms with Crippen LogP contribution in [0.25, 0.3) is 0 Å². The van der Waals surface area contributed by atoms with Gasteiger partial charge >= 0.3 is 0 Å². The van der Waals surface area contributed by atoms with E-state index < -0.39 is 5.82 Å². The zero-order chi connectivity index (χ0) is 34.5. The number of aromatic nitrogens is 3. The van der Waals surface area contributed by atoms with Crippen LogP contribution in [0.1, 0.15) is 77.6 Å². The van der Waals surface area contributed by atoms with Gasteiger partial charge in [0, 0.05) is 76.8 Å². The summed E-state index contributed by atoms with van der Waals surface area (Å²) in [6.07, 6.45) is 5.20. The number of carbonyl (C=O) groups is 2. The first-order valence-corrected chi connectivity index (χ1v) is 17.1. The van der Waals surface area contributed by atoms with Crippen LogP contribution in [-0.4, -0.2) is 125 Å². The maximum Gasteiger partial charge on any atom is 0.282 e. The maximum atomic E-state index is 14.3. The summed E-state index contributed by atoms with van der Waals surface area (Å²) in [7, 11) is 5.73. The number of hydrogen-bond acceptors (Lipinski definition) is 9. The number of benzene rings is 1. The van der Waals surface area contributed by atoms with Crippen molar-refractivity contribution in [3.05, 3.63) is 35.9 Å². The molecule has 2 saturated heterocycles. The highest BCUT2D eigenvalue weighted by atomic mass is 19.1. The normalized spacial score (nSPS) is 17.3. The third-order valence-corrected chi connectivity index (χ3v) is 9.96. The fourth-order valence-electron chi connectivity index (χ4n) is 7.02. The summed E-state index contributed by atoms with van der Waals surface area (Å²) in [6, 6.07) is 4.64. The molecule has 3 heterocycles. The molecule has 1 aromatic carbocycles. The van der Waals surface area contributed by atoms with Crippen molar-refractivity contribution in [3.8, 4) is 11.6 Å². The minimum atomic E-state index is -0.508. The first kappa shape index (κ1) is 36.5. The molecule has 0 N–H and O–H groups in total. The standard InChI is InChI=1S/C35H55FN8O3/c1-10-44(25(4)5)34(46)28-19-27(36)13-14-30(28)47-33-32(37-23-38-39-33)42-17-15-35(20-42)21-43(22-35)29(24(2)3)12-11-16-41(9)26(6)18-31(45)40(7)8/h13-14,19,23-26,29H,10-12,15-18,20-22H2,1-9H3/t26?,29-/m1/s1. The number of nitrogens with zero attached hydrogens (tertiary/aromatic N) is 8. The van der Waals surface area contributed by atoms with Crippen molar-refractivity contribution in [2.75, 3.05) is 65.3 Å². The number of amides is 2. The third-order valence-electron chi connectivity index (χ3n) is 9.96. The van der Waals surface area contributed by atoms with Crippen LogP contribution < -0.4 is 9.64 Å². The quantitative estimate of drug-likeness (QED) is 0.269. The van der Waals surface area contributed by atoms with Crippen LogP contribution in [-0.2, 0) is 4.79 Å². The van der Waals surface area contributed by atoms with Gasteiger partial charge in [-0.05, 0) is 84.7 Å². The Morgan fingerprint density at radius 1 is 1.09 bits per heavy atom. The summed E-state index contributed by atoms with van der Waals surface area (Å²) >= 11 is 0. The molecule has 0 radical (unpaired) electrons. The minimum absolute atomic E-state index is 0.0504. The van der Waals surface area contributed by atoms with Gasteiger partial charge in [0.15, 0.2) is 5.82 Å². The Hall–Kier alpha value is -3.38. The van der Waals surface area contributed by atoms with Gasteiger partial charge in [-0.3, -0.25) is 14.5 Å². The summed E-state index contributed by atoms with van der Waals surface area (Å²) in [6.45, 7) is 17.7. The zero-order valence-electron chi connectivity index (χ0n) is 29.9. The Balaban J connectivity index is 1.38. The van der Waals surface area contributed by atoms with Gasteiger partial charge in [0.05, 0.1) is 5.56 Å². The smallest absolute Gasteiger partial charge is 0.282 e. The first-order chi connectivity index (χ1) is 22.2.